The lowest BCUT2D eigenvalue weighted by molar-refractivity contribution is 0.117. The van der Waals surface area contributed by atoms with Gasteiger partial charge in [-0.1, -0.05) is 5.92 Å². The SMILES string of the molecule is C#Cc1ccc(S(=O)(=O)C(C)(F)C2CCN(C(=O)Nc3ccnnc3)CC2)cc1. The summed E-state index contributed by atoms with van der Waals surface area (Å²) < 4.78 is 41.3. The number of rotatable bonds is 4. The van der Waals surface area contributed by atoms with Gasteiger partial charge >= 0.3 is 6.03 Å². The molecule has 29 heavy (non-hydrogen) atoms. The number of piperidine rings is 1. The number of benzene rings is 1. The molecule has 0 radical (unpaired) electrons. The van der Waals surface area contributed by atoms with E-state index in [9.17, 15) is 13.2 Å². The second-order valence-electron chi connectivity index (χ2n) is 6.98. The van der Waals surface area contributed by atoms with Gasteiger partial charge in [0.05, 0.1) is 23.0 Å². The molecule has 7 nitrogen and oxygen atoms in total. The molecule has 2 aromatic rings. The molecule has 9 heteroatoms. The summed E-state index contributed by atoms with van der Waals surface area (Å²) in [5.74, 6) is 1.67. The molecule has 1 aliphatic heterocycles. The van der Waals surface area contributed by atoms with Gasteiger partial charge in [-0.3, -0.25) is 0 Å². The third-order valence-electron chi connectivity index (χ3n) is 5.20. The number of terminal acetylenes is 1. The van der Waals surface area contributed by atoms with Crippen LogP contribution in [0.3, 0.4) is 0 Å². The van der Waals surface area contributed by atoms with Gasteiger partial charge in [-0.15, -0.1) is 6.42 Å². The number of nitrogens with one attached hydrogen (secondary N) is 1. The summed E-state index contributed by atoms with van der Waals surface area (Å²) in [6.45, 7) is 1.60. The first-order chi connectivity index (χ1) is 13.8. The fraction of sp³-hybridized carbons (Fsp3) is 0.350. The first-order valence-corrected chi connectivity index (χ1v) is 10.6. The van der Waals surface area contributed by atoms with E-state index in [4.69, 9.17) is 6.42 Å². The van der Waals surface area contributed by atoms with Crippen molar-refractivity contribution in [3.8, 4) is 12.3 Å². The highest BCUT2D eigenvalue weighted by atomic mass is 32.2. The molecule has 0 bridgehead atoms. The van der Waals surface area contributed by atoms with Gasteiger partial charge < -0.3 is 10.2 Å². The van der Waals surface area contributed by atoms with Crippen molar-refractivity contribution >= 4 is 21.6 Å². The lowest BCUT2D eigenvalue weighted by Crippen LogP contribution is -2.48. The van der Waals surface area contributed by atoms with Crippen LogP contribution < -0.4 is 5.32 Å². The van der Waals surface area contributed by atoms with Gasteiger partial charge in [0.25, 0.3) is 0 Å². The molecule has 2 heterocycles. The topological polar surface area (TPSA) is 92.3 Å². The number of urea groups is 1. The highest BCUT2D eigenvalue weighted by Crippen LogP contribution is 2.39. The Morgan fingerprint density at radius 3 is 2.45 bits per heavy atom. The minimum Gasteiger partial charge on any atom is -0.325 e. The first-order valence-electron chi connectivity index (χ1n) is 9.08. The molecule has 1 unspecified atom stereocenters. The molecule has 1 atom stereocenters. The maximum Gasteiger partial charge on any atom is 0.321 e. The monoisotopic (exact) mass is 416 g/mol. The Kier molecular flexibility index (Phi) is 5.84. The number of likely N-dealkylation sites (tertiary alicyclic amines) is 1. The Morgan fingerprint density at radius 2 is 1.90 bits per heavy atom. The van der Waals surface area contributed by atoms with E-state index in [1.54, 1.807) is 6.07 Å². The predicted octanol–water partition coefficient (Wildman–Crippen LogP) is 2.86. The van der Waals surface area contributed by atoms with Gasteiger partial charge in [0.15, 0.2) is 0 Å². The minimum atomic E-state index is -4.22. The molecule has 0 saturated carbocycles. The van der Waals surface area contributed by atoms with Crippen LogP contribution in [0, 0.1) is 18.3 Å². The third kappa shape index (κ3) is 4.22. The van der Waals surface area contributed by atoms with Gasteiger partial charge in [0, 0.05) is 24.6 Å². The fourth-order valence-corrected chi connectivity index (χ4v) is 4.98. The lowest BCUT2D eigenvalue weighted by Gasteiger charge is -2.37. The maximum absolute atomic E-state index is 15.5. The molecular weight excluding hydrogens is 395 g/mol. The van der Waals surface area contributed by atoms with E-state index in [0.29, 0.717) is 11.3 Å². The summed E-state index contributed by atoms with van der Waals surface area (Å²) in [5, 5.41) is 7.55. The van der Waals surface area contributed by atoms with Gasteiger partial charge in [-0.25, -0.2) is 17.6 Å². The number of hydrogen-bond donors (Lipinski definition) is 1. The fourth-order valence-electron chi connectivity index (χ4n) is 3.35. The summed E-state index contributed by atoms with van der Waals surface area (Å²) in [4.78, 5) is 13.8. The minimum absolute atomic E-state index is 0.105. The van der Waals surface area contributed by atoms with Crippen LogP contribution in [0.1, 0.15) is 25.3 Å². The number of halogens is 1. The molecule has 1 fully saturated rings. The van der Waals surface area contributed by atoms with Crippen LogP contribution in [0.15, 0.2) is 47.6 Å². The second kappa shape index (κ2) is 8.17. The van der Waals surface area contributed by atoms with E-state index in [-0.39, 0.29) is 36.9 Å². The molecular formula is C20H21FN4O3S. The van der Waals surface area contributed by atoms with Crippen molar-refractivity contribution in [3.63, 3.8) is 0 Å². The number of alkyl halides is 1. The summed E-state index contributed by atoms with van der Waals surface area (Å²) in [7, 11) is -4.22. The number of nitrogens with zero attached hydrogens (tertiary/aromatic N) is 3. The Bertz CT molecular complexity index is 1010. The van der Waals surface area contributed by atoms with Gasteiger partial charge in [-0.2, -0.15) is 10.2 Å². The zero-order chi connectivity index (χ0) is 21.1. The average molecular weight is 416 g/mol. The molecule has 1 saturated heterocycles. The Morgan fingerprint density at radius 1 is 1.24 bits per heavy atom. The van der Waals surface area contributed by atoms with E-state index in [2.05, 4.69) is 21.4 Å². The highest BCUT2D eigenvalue weighted by molar-refractivity contribution is 7.92. The highest BCUT2D eigenvalue weighted by Gasteiger charge is 2.48. The van der Waals surface area contributed by atoms with Crippen molar-refractivity contribution in [2.45, 2.75) is 29.7 Å². The van der Waals surface area contributed by atoms with Gasteiger partial charge in [0.1, 0.15) is 0 Å². The normalized spacial score (nSPS) is 17.2. The first kappa shape index (κ1) is 20.7. The van der Waals surface area contributed by atoms with E-state index in [0.717, 1.165) is 6.92 Å². The maximum atomic E-state index is 15.5. The van der Waals surface area contributed by atoms with Crippen molar-refractivity contribution in [3.05, 3.63) is 48.3 Å². The van der Waals surface area contributed by atoms with Crippen LogP contribution in [0.2, 0.25) is 0 Å². The van der Waals surface area contributed by atoms with Crippen LogP contribution in [-0.2, 0) is 9.84 Å². The molecule has 2 amide bonds. The molecule has 152 valence electrons. The van der Waals surface area contributed by atoms with Gasteiger partial charge in [-0.05, 0) is 50.1 Å². The van der Waals surface area contributed by atoms with Crippen LogP contribution in [0.25, 0.3) is 0 Å². The van der Waals surface area contributed by atoms with Crippen LogP contribution >= 0.6 is 0 Å². The van der Waals surface area contributed by atoms with Crippen molar-refractivity contribution < 1.29 is 17.6 Å². The molecule has 3 rings (SSSR count). The van der Waals surface area contributed by atoms with E-state index < -0.39 is 20.8 Å². The van der Waals surface area contributed by atoms with Crippen LogP contribution in [-0.4, -0.2) is 47.6 Å². The summed E-state index contributed by atoms with van der Waals surface area (Å²) in [6, 6.07) is 6.87. The van der Waals surface area contributed by atoms with E-state index in [1.165, 1.54) is 41.6 Å². The number of hydrogen-bond acceptors (Lipinski definition) is 5. The number of carbonyl (C=O) groups is 1. The van der Waals surface area contributed by atoms with Crippen LogP contribution in [0.5, 0.6) is 0 Å². The quantitative estimate of drug-likeness (QED) is 0.774. The summed E-state index contributed by atoms with van der Waals surface area (Å²) >= 11 is 0. The van der Waals surface area contributed by atoms with E-state index in [1.807, 2.05) is 0 Å². The van der Waals surface area contributed by atoms with Crippen molar-refractivity contribution in [1.82, 2.24) is 15.1 Å². The van der Waals surface area contributed by atoms with Crippen molar-refractivity contribution in [2.75, 3.05) is 18.4 Å². The lowest BCUT2D eigenvalue weighted by atomic mass is 9.92. The predicted molar refractivity (Wildman–Crippen MR) is 106 cm³/mol. The Labute approximate surface area is 169 Å². The second-order valence-corrected chi connectivity index (χ2v) is 9.26. The number of carbonyl (C=O) groups excluding carboxylic acids is 1. The van der Waals surface area contributed by atoms with Crippen LogP contribution in [0.4, 0.5) is 14.9 Å². The summed E-state index contributed by atoms with van der Waals surface area (Å²) in [6.07, 6.45) is 8.62. The molecule has 1 aromatic heterocycles. The number of aromatic nitrogens is 2. The largest absolute Gasteiger partial charge is 0.325 e. The number of amides is 2. The van der Waals surface area contributed by atoms with Crippen molar-refractivity contribution in [2.24, 2.45) is 5.92 Å². The average Bonchev–Trinajstić information content (AvgIpc) is 2.74. The Balaban J connectivity index is 1.67. The standard InChI is InChI=1S/C20H21FN4O3S/c1-3-15-4-6-18(7-5-15)29(27,28)20(2,21)16-9-12-25(13-10-16)19(26)24-17-8-11-22-23-14-17/h1,4-8,11,14,16H,9-10,12-13H2,2H3,(H,22,24,26). The molecule has 0 spiro atoms. The Hall–Kier alpha value is -2.99. The van der Waals surface area contributed by atoms with Gasteiger partial charge in [0.2, 0.25) is 14.8 Å². The van der Waals surface area contributed by atoms with Crippen molar-refractivity contribution in [1.29, 1.82) is 0 Å². The molecule has 1 N–H and O–H groups in total. The number of sulfone groups is 1. The summed E-state index contributed by atoms with van der Waals surface area (Å²) in [5.41, 5.74) is 1.02. The smallest absolute Gasteiger partial charge is 0.321 e. The molecule has 1 aromatic carbocycles. The third-order valence-corrected chi connectivity index (χ3v) is 7.48. The molecule has 0 aliphatic carbocycles. The zero-order valence-electron chi connectivity index (χ0n) is 15.9. The number of anilines is 1. The molecule has 1 aliphatic rings. The zero-order valence-corrected chi connectivity index (χ0v) is 16.7. The van der Waals surface area contributed by atoms with E-state index >= 15 is 4.39 Å².